The number of carbonyl (C=O) groups is 1. The van der Waals surface area contributed by atoms with Gasteiger partial charge in [-0.25, -0.2) is 4.39 Å². The average molecular weight is 382 g/mol. The van der Waals surface area contributed by atoms with Crippen molar-refractivity contribution in [2.75, 3.05) is 11.9 Å². The number of hydrogen-bond acceptors (Lipinski definition) is 4. The maximum atomic E-state index is 13.1. The molecule has 0 aliphatic rings. The van der Waals surface area contributed by atoms with Crippen LogP contribution in [0.4, 0.5) is 10.1 Å². The second kappa shape index (κ2) is 8.49. The van der Waals surface area contributed by atoms with E-state index in [4.69, 9.17) is 9.84 Å². The molecule has 28 heavy (non-hydrogen) atoms. The highest BCUT2D eigenvalue weighted by atomic mass is 19.1. The number of aliphatic hydroxyl groups is 1. The van der Waals surface area contributed by atoms with Crippen molar-refractivity contribution >= 4 is 11.6 Å². The fourth-order valence-corrected chi connectivity index (χ4v) is 2.62. The summed E-state index contributed by atoms with van der Waals surface area (Å²) in [5, 5.41) is 11.6. The molecule has 0 unspecified atom stereocenters. The fraction of sp³-hybridized carbons (Fsp3) is 0.143. The van der Waals surface area contributed by atoms with Gasteiger partial charge >= 0.3 is 0 Å². The minimum Gasteiger partial charge on any atom is -0.457 e. The lowest BCUT2D eigenvalue weighted by Crippen LogP contribution is -2.22. The molecule has 6 nitrogen and oxygen atoms in total. The third-order valence-corrected chi connectivity index (χ3v) is 4.02. The zero-order chi connectivity index (χ0) is 20.1. The number of hydrogen-bond donors (Lipinski definition) is 2. The fourth-order valence-electron chi connectivity index (χ4n) is 2.62. The van der Waals surface area contributed by atoms with E-state index in [1.807, 2.05) is 6.92 Å². The molecular formula is C21H19FN2O4. The number of amides is 1. The number of ether oxygens (including phenoxy) is 1. The number of aliphatic hydroxyl groups excluding tert-OH is 1. The summed E-state index contributed by atoms with van der Waals surface area (Å²) in [5.74, 6) is -0.125. The lowest BCUT2D eigenvalue weighted by Gasteiger charge is -2.13. The molecule has 1 amide bonds. The van der Waals surface area contributed by atoms with E-state index in [0.29, 0.717) is 17.2 Å². The van der Waals surface area contributed by atoms with Crippen LogP contribution in [0, 0.1) is 12.7 Å². The van der Waals surface area contributed by atoms with Gasteiger partial charge in [-0.2, -0.15) is 0 Å². The third kappa shape index (κ3) is 4.63. The van der Waals surface area contributed by atoms with Gasteiger partial charge in [0.05, 0.1) is 12.2 Å². The Hall–Kier alpha value is -3.45. The number of nitrogens with zero attached hydrogens (tertiary/aromatic N) is 1. The van der Waals surface area contributed by atoms with Crippen LogP contribution in [0.2, 0.25) is 0 Å². The van der Waals surface area contributed by atoms with Gasteiger partial charge in [0.2, 0.25) is 0 Å². The molecular weight excluding hydrogens is 363 g/mol. The molecule has 1 heterocycles. The molecule has 2 aromatic carbocycles. The van der Waals surface area contributed by atoms with Crippen LogP contribution in [0.15, 0.2) is 65.6 Å². The minimum atomic E-state index is -0.444. The van der Waals surface area contributed by atoms with Crippen LogP contribution in [0.1, 0.15) is 15.9 Å². The lowest BCUT2D eigenvalue weighted by molar-refractivity contribution is 0.102. The van der Waals surface area contributed by atoms with Crippen molar-refractivity contribution in [1.82, 2.24) is 4.57 Å². The number of benzene rings is 2. The van der Waals surface area contributed by atoms with Crippen LogP contribution >= 0.6 is 0 Å². The Morgan fingerprint density at radius 2 is 1.89 bits per heavy atom. The quantitative estimate of drug-likeness (QED) is 0.685. The van der Waals surface area contributed by atoms with E-state index in [2.05, 4.69) is 5.32 Å². The van der Waals surface area contributed by atoms with E-state index in [1.54, 1.807) is 24.3 Å². The van der Waals surface area contributed by atoms with Gasteiger partial charge in [0.1, 0.15) is 17.3 Å². The molecule has 144 valence electrons. The number of anilines is 1. The molecule has 3 rings (SSSR count). The van der Waals surface area contributed by atoms with E-state index in [1.165, 1.54) is 41.1 Å². The van der Waals surface area contributed by atoms with Crippen LogP contribution in [-0.4, -0.2) is 22.2 Å². The molecule has 0 bridgehead atoms. The Morgan fingerprint density at radius 3 is 2.57 bits per heavy atom. The van der Waals surface area contributed by atoms with Gasteiger partial charge in [-0.3, -0.25) is 9.59 Å². The summed E-state index contributed by atoms with van der Waals surface area (Å²) in [4.78, 5) is 24.7. The van der Waals surface area contributed by atoms with E-state index in [0.717, 1.165) is 5.56 Å². The number of nitrogens with one attached hydrogen (secondary N) is 1. The van der Waals surface area contributed by atoms with Crippen LogP contribution in [0.3, 0.4) is 0 Å². The Balaban J connectivity index is 1.84. The third-order valence-electron chi connectivity index (χ3n) is 4.02. The topological polar surface area (TPSA) is 80.6 Å². The first-order chi connectivity index (χ1) is 13.5. The van der Waals surface area contributed by atoms with Gasteiger partial charge in [-0.1, -0.05) is 11.6 Å². The summed E-state index contributed by atoms with van der Waals surface area (Å²) < 4.78 is 20.1. The summed E-state index contributed by atoms with van der Waals surface area (Å²) >= 11 is 0. The van der Waals surface area contributed by atoms with E-state index in [-0.39, 0.29) is 30.1 Å². The Kier molecular flexibility index (Phi) is 5.86. The first-order valence-electron chi connectivity index (χ1n) is 8.63. The van der Waals surface area contributed by atoms with Crippen molar-refractivity contribution in [2.24, 2.45) is 0 Å². The van der Waals surface area contributed by atoms with Gasteiger partial charge in [-0.05, 0) is 49.4 Å². The van der Waals surface area contributed by atoms with Gasteiger partial charge < -0.3 is 19.7 Å². The van der Waals surface area contributed by atoms with Crippen molar-refractivity contribution in [3.8, 4) is 11.5 Å². The maximum Gasteiger partial charge on any atom is 0.259 e. The Morgan fingerprint density at radius 1 is 1.14 bits per heavy atom. The van der Waals surface area contributed by atoms with Gasteiger partial charge in [0.25, 0.3) is 11.5 Å². The Labute approximate surface area is 160 Å². The smallest absolute Gasteiger partial charge is 0.259 e. The molecule has 0 saturated carbocycles. The highest BCUT2D eigenvalue weighted by molar-refractivity contribution is 6.06. The number of aryl methyl sites for hydroxylation is 1. The molecule has 0 atom stereocenters. The highest BCUT2D eigenvalue weighted by Gasteiger charge is 2.15. The molecule has 1 aromatic heterocycles. The van der Waals surface area contributed by atoms with Crippen LogP contribution in [0.25, 0.3) is 0 Å². The molecule has 3 aromatic rings. The predicted octanol–water partition coefficient (Wildman–Crippen LogP) is 3.33. The molecule has 0 radical (unpaired) electrons. The van der Waals surface area contributed by atoms with Crippen molar-refractivity contribution in [3.63, 3.8) is 0 Å². The molecule has 0 fully saturated rings. The van der Waals surface area contributed by atoms with Crippen molar-refractivity contribution in [3.05, 3.63) is 88.1 Å². The molecule has 0 aliphatic heterocycles. The number of aromatic nitrogens is 1. The highest BCUT2D eigenvalue weighted by Crippen LogP contribution is 2.27. The van der Waals surface area contributed by atoms with Gasteiger partial charge in [-0.15, -0.1) is 0 Å². The Bertz CT molecular complexity index is 1050. The SMILES string of the molecule is Cc1ccc(Oc2ccc(F)cc2)c(C(=O)Nc2ccn(CCO)c(=O)c2)c1. The summed E-state index contributed by atoms with van der Waals surface area (Å²) in [6.45, 7) is 1.87. The lowest BCUT2D eigenvalue weighted by atomic mass is 10.1. The zero-order valence-electron chi connectivity index (χ0n) is 15.2. The first-order valence-corrected chi connectivity index (χ1v) is 8.63. The van der Waals surface area contributed by atoms with Crippen molar-refractivity contribution < 1.29 is 19.0 Å². The maximum absolute atomic E-state index is 13.1. The average Bonchev–Trinajstić information content (AvgIpc) is 2.67. The summed E-state index contributed by atoms with van der Waals surface area (Å²) in [6.07, 6.45) is 1.50. The molecule has 2 N–H and O–H groups in total. The standard InChI is InChI=1S/C21H19FN2O4/c1-14-2-7-19(28-17-5-3-15(22)4-6-17)18(12-14)21(27)23-16-8-9-24(10-11-25)20(26)13-16/h2-9,12-13,25H,10-11H2,1H3,(H,23,27). The van der Waals surface area contributed by atoms with E-state index >= 15 is 0 Å². The zero-order valence-corrected chi connectivity index (χ0v) is 15.2. The number of pyridine rings is 1. The molecule has 0 spiro atoms. The monoisotopic (exact) mass is 382 g/mol. The van der Waals surface area contributed by atoms with E-state index < -0.39 is 5.91 Å². The van der Waals surface area contributed by atoms with E-state index in [9.17, 15) is 14.0 Å². The van der Waals surface area contributed by atoms with Gasteiger partial charge in [0, 0.05) is 24.5 Å². The van der Waals surface area contributed by atoms with Gasteiger partial charge in [0.15, 0.2) is 0 Å². The van der Waals surface area contributed by atoms with Crippen molar-refractivity contribution in [2.45, 2.75) is 13.5 Å². The number of rotatable bonds is 6. The first kappa shape index (κ1) is 19.3. The van der Waals surface area contributed by atoms with Crippen LogP contribution in [-0.2, 0) is 6.54 Å². The van der Waals surface area contributed by atoms with Crippen LogP contribution < -0.4 is 15.6 Å². The summed E-state index contributed by atoms with van der Waals surface area (Å²) in [5.41, 5.74) is 1.14. The molecule has 7 heteroatoms. The predicted molar refractivity (Wildman–Crippen MR) is 103 cm³/mol. The molecule has 0 saturated heterocycles. The number of halogens is 1. The largest absolute Gasteiger partial charge is 0.457 e. The van der Waals surface area contributed by atoms with Crippen LogP contribution in [0.5, 0.6) is 11.5 Å². The second-order valence-corrected chi connectivity index (χ2v) is 6.18. The van der Waals surface area contributed by atoms with Crippen molar-refractivity contribution in [1.29, 1.82) is 0 Å². The minimum absolute atomic E-state index is 0.154. The second-order valence-electron chi connectivity index (χ2n) is 6.18. The molecule has 0 aliphatic carbocycles. The number of carbonyl (C=O) groups excluding carboxylic acids is 1. The summed E-state index contributed by atoms with van der Waals surface area (Å²) in [7, 11) is 0. The summed E-state index contributed by atoms with van der Waals surface area (Å²) in [6, 6.07) is 13.5. The normalized spacial score (nSPS) is 10.5.